The number of imidazole rings is 1. The van der Waals surface area contributed by atoms with Gasteiger partial charge in [0.2, 0.25) is 5.78 Å². The number of hydrogen-bond acceptors (Lipinski definition) is 4. The Morgan fingerprint density at radius 2 is 1.89 bits per heavy atom. The lowest BCUT2D eigenvalue weighted by Gasteiger charge is -2.11. The number of ether oxygens (including phenoxy) is 1. The van der Waals surface area contributed by atoms with Crippen LogP contribution in [0.2, 0.25) is 0 Å². The van der Waals surface area contributed by atoms with Gasteiger partial charge in [-0.25, -0.2) is 9.78 Å². The first-order chi connectivity index (χ1) is 13.0. The Hall–Kier alpha value is -2.89. The number of esters is 1. The van der Waals surface area contributed by atoms with Crippen LogP contribution in [0.3, 0.4) is 0 Å². The van der Waals surface area contributed by atoms with Crippen LogP contribution in [0.25, 0.3) is 17.0 Å². The van der Waals surface area contributed by atoms with E-state index in [0.717, 1.165) is 37.1 Å². The van der Waals surface area contributed by atoms with Gasteiger partial charge in [0.05, 0.1) is 17.9 Å². The van der Waals surface area contributed by atoms with Crippen molar-refractivity contribution in [3.05, 3.63) is 58.1 Å². The molecule has 6 nitrogen and oxygen atoms in total. The summed E-state index contributed by atoms with van der Waals surface area (Å²) in [4.78, 5) is 28.9. The molecule has 0 aliphatic rings. The molecule has 0 unspecified atom stereocenters. The third-order valence-corrected chi connectivity index (χ3v) is 4.60. The van der Waals surface area contributed by atoms with Crippen LogP contribution in [0.15, 0.2) is 41.3 Å². The summed E-state index contributed by atoms with van der Waals surface area (Å²) in [6.45, 7) is 7.07. The number of nitrogens with zero attached hydrogens (tertiary/aromatic N) is 3. The maximum Gasteiger partial charge on any atom is 0.338 e. The molecule has 0 radical (unpaired) electrons. The third-order valence-electron chi connectivity index (χ3n) is 4.60. The molecular formula is C21H25N3O3. The van der Waals surface area contributed by atoms with Gasteiger partial charge in [0.15, 0.2) is 0 Å². The van der Waals surface area contributed by atoms with Gasteiger partial charge in [0.25, 0.3) is 5.56 Å². The van der Waals surface area contributed by atoms with E-state index >= 15 is 0 Å². The van der Waals surface area contributed by atoms with Crippen LogP contribution in [0.1, 0.15) is 49.2 Å². The molecule has 3 rings (SSSR count). The molecule has 0 N–H and O–H groups in total. The summed E-state index contributed by atoms with van der Waals surface area (Å²) in [7, 11) is 0. The monoisotopic (exact) mass is 367 g/mol. The van der Waals surface area contributed by atoms with Crippen LogP contribution < -0.4 is 5.56 Å². The molecule has 0 bridgehead atoms. The summed E-state index contributed by atoms with van der Waals surface area (Å²) < 4.78 is 8.69. The summed E-state index contributed by atoms with van der Waals surface area (Å²) >= 11 is 0. The van der Waals surface area contributed by atoms with E-state index in [1.165, 1.54) is 0 Å². The van der Waals surface area contributed by atoms with Crippen molar-refractivity contribution in [2.75, 3.05) is 6.61 Å². The first-order valence-electron chi connectivity index (χ1n) is 9.42. The van der Waals surface area contributed by atoms with E-state index in [1.54, 1.807) is 35.7 Å². The van der Waals surface area contributed by atoms with Crippen LogP contribution in [-0.2, 0) is 11.3 Å². The minimum absolute atomic E-state index is 0.0869. The summed E-state index contributed by atoms with van der Waals surface area (Å²) in [5.41, 5.74) is 2.88. The van der Waals surface area contributed by atoms with Gasteiger partial charge in [-0.15, -0.1) is 0 Å². The molecule has 27 heavy (non-hydrogen) atoms. The van der Waals surface area contributed by atoms with Crippen molar-refractivity contribution in [1.29, 1.82) is 0 Å². The van der Waals surface area contributed by atoms with Gasteiger partial charge in [0.1, 0.15) is 0 Å². The lowest BCUT2D eigenvalue weighted by molar-refractivity contribution is 0.0526. The van der Waals surface area contributed by atoms with E-state index < -0.39 is 0 Å². The van der Waals surface area contributed by atoms with Gasteiger partial charge < -0.3 is 9.30 Å². The standard InChI is InChI=1S/C21H25N3O3/c1-4-6-7-12-23-15(3)13-19(25)24-14-18(22-21(23)24)16-8-10-17(11-9-16)20(26)27-5-2/h8-11,13-14H,4-7,12H2,1-3H3. The molecule has 0 fully saturated rings. The van der Waals surface area contributed by atoms with Gasteiger partial charge in [0, 0.05) is 30.1 Å². The molecule has 0 aliphatic heterocycles. The number of carbonyl (C=O) groups excluding carboxylic acids is 1. The fourth-order valence-corrected chi connectivity index (χ4v) is 3.13. The topological polar surface area (TPSA) is 65.6 Å². The Bertz CT molecular complexity index is 1000. The minimum Gasteiger partial charge on any atom is -0.462 e. The molecule has 0 saturated heterocycles. The van der Waals surface area contributed by atoms with Gasteiger partial charge in [-0.3, -0.25) is 9.20 Å². The summed E-state index contributed by atoms with van der Waals surface area (Å²) in [6, 6.07) is 8.74. The first-order valence-corrected chi connectivity index (χ1v) is 9.42. The molecule has 6 heteroatoms. The Morgan fingerprint density at radius 1 is 1.15 bits per heavy atom. The van der Waals surface area contributed by atoms with Crippen LogP contribution in [-0.4, -0.2) is 26.5 Å². The zero-order chi connectivity index (χ0) is 19.4. The van der Waals surface area contributed by atoms with E-state index in [-0.39, 0.29) is 11.5 Å². The smallest absolute Gasteiger partial charge is 0.338 e. The SMILES string of the molecule is CCCCCn1c(C)cc(=O)n2cc(-c3ccc(C(=O)OCC)cc3)nc12. The van der Waals surface area contributed by atoms with Crippen molar-refractivity contribution in [2.45, 2.75) is 46.6 Å². The summed E-state index contributed by atoms with van der Waals surface area (Å²) in [6.07, 6.45) is 5.09. The zero-order valence-electron chi connectivity index (χ0n) is 16.1. The number of hydrogen-bond donors (Lipinski definition) is 0. The molecule has 1 aromatic carbocycles. The molecule has 3 aromatic rings. The van der Waals surface area contributed by atoms with Crippen molar-refractivity contribution >= 4 is 11.7 Å². The predicted octanol–water partition coefficient (Wildman–Crippen LogP) is 3.84. The van der Waals surface area contributed by atoms with Crippen LogP contribution in [0.4, 0.5) is 0 Å². The van der Waals surface area contributed by atoms with E-state index in [0.29, 0.717) is 23.6 Å². The van der Waals surface area contributed by atoms with Gasteiger partial charge in [-0.05, 0) is 32.4 Å². The molecule has 0 spiro atoms. The molecule has 2 heterocycles. The summed E-state index contributed by atoms with van der Waals surface area (Å²) in [5, 5.41) is 0. The number of aromatic nitrogens is 3. The molecule has 0 atom stereocenters. The highest BCUT2D eigenvalue weighted by Gasteiger charge is 2.13. The highest BCUT2D eigenvalue weighted by atomic mass is 16.5. The van der Waals surface area contributed by atoms with Crippen LogP contribution >= 0.6 is 0 Å². The maximum absolute atomic E-state index is 12.4. The Morgan fingerprint density at radius 3 is 2.56 bits per heavy atom. The number of fused-ring (bicyclic) bond motifs is 1. The van der Waals surface area contributed by atoms with Crippen LogP contribution in [0, 0.1) is 6.92 Å². The Kier molecular flexibility index (Phi) is 5.74. The van der Waals surface area contributed by atoms with Crippen molar-refractivity contribution in [2.24, 2.45) is 0 Å². The van der Waals surface area contributed by atoms with Gasteiger partial charge in [-0.2, -0.15) is 0 Å². The largest absolute Gasteiger partial charge is 0.462 e. The molecule has 0 aliphatic carbocycles. The van der Waals surface area contributed by atoms with E-state index in [4.69, 9.17) is 9.72 Å². The van der Waals surface area contributed by atoms with Crippen molar-refractivity contribution in [3.8, 4) is 11.3 Å². The fraction of sp³-hybridized carbons (Fsp3) is 0.381. The second-order valence-corrected chi connectivity index (χ2v) is 6.58. The fourth-order valence-electron chi connectivity index (χ4n) is 3.13. The van der Waals surface area contributed by atoms with Crippen molar-refractivity contribution in [3.63, 3.8) is 0 Å². The number of aryl methyl sites for hydroxylation is 2. The first kappa shape index (κ1) is 18.9. The number of unbranched alkanes of at least 4 members (excludes halogenated alkanes) is 2. The van der Waals surface area contributed by atoms with Crippen LogP contribution in [0.5, 0.6) is 0 Å². The molecule has 0 amide bonds. The third kappa shape index (κ3) is 3.94. The zero-order valence-corrected chi connectivity index (χ0v) is 16.1. The average Bonchev–Trinajstić information content (AvgIpc) is 3.10. The second-order valence-electron chi connectivity index (χ2n) is 6.58. The highest BCUT2D eigenvalue weighted by Crippen LogP contribution is 2.20. The normalized spacial score (nSPS) is 11.1. The van der Waals surface area contributed by atoms with E-state index in [1.807, 2.05) is 19.1 Å². The molecular weight excluding hydrogens is 342 g/mol. The minimum atomic E-state index is -0.342. The Balaban J connectivity index is 1.98. The highest BCUT2D eigenvalue weighted by molar-refractivity contribution is 5.90. The van der Waals surface area contributed by atoms with Crippen molar-refractivity contribution in [1.82, 2.24) is 14.0 Å². The maximum atomic E-state index is 12.4. The number of carbonyl (C=O) groups is 1. The predicted molar refractivity (Wildman–Crippen MR) is 105 cm³/mol. The van der Waals surface area contributed by atoms with Crippen molar-refractivity contribution < 1.29 is 9.53 Å². The quantitative estimate of drug-likeness (QED) is 0.470. The molecule has 0 saturated carbocycles. The lowest BCUT2D eigenvalue weighted by atomic mass is 10.1. The second kappa shape index (κ2) is 8.20. The van der Waals surface area contributed by atoms with E-state index in [2.05, 4.69) is 11.5 Å². The Labute approximate surface area is 158 Å². The molecule has 142 valence electrons. The van der Waals surface area contributed by atoms with E-state index in [9.17, 15) is 9.59 Å². The number of rotatable bonds is 7. The summed E-state index contributed by atoms with van der Waals surface area (Å²) in [5.74, 6) is 0.311. The lowest BCUT2D eigenvalue weighted by Crippen LogP contribution is -2.18. The molecule has 2 aromatic heterocycles. The average molecular weight is 367 g/mol. The number of benzene rings is 1. The van der Waals surface area contributed by atoms with Gasteiger partial charge in [-0.1, -0.05) is 31.9 Å². The van der Waals surface area contributed by atoms with Gasteiger partial charge >= 0.3 is 5.97 Å².